The van der Waals surface area contributed by atoms with Gasteiger partial charge in [0.15, 0.2) is 17.5 Å². The van der Waals surface area contributed by atoms with Gasteiger partial charge in [-0.1, -0.05) is 115 Å². The van der Waals surface area contributed by atoms with Crippen LogP contribution in [0.3, 0.4) is 0 Å². The van der Waals surface area contributed by atoms with Crippen molar-refractivity contribution < 1.29 is 11.3 Å². The first-order valence-corrected chi connectivity index (χ1v) is 15.6. The molecular formula is C43H26N4O. The molecule has 3 aromatic heterocycles. The van der Waals surface area contributed by atoms with E-state index in [2.05, 4.69) is 47.0 Å². The van der Waals surface area contributed by atoms with Crippen molar-refractivity contribution in [3.8, 4) is 39.9 Å². The molecule has 0 spiro atoms. The van der Waals surface area contributed by atoms with Gasteiger partial charge >= 0.3 is 0 Å². The van der Waals surface area contributed by atoms with Crippen LogP contribution in [0.1, 0.15) is 6.85 Å². The number of fused-ring (bicyclic) bond motifs is 7. The molecule has 5 heteroatoms. The van der Waals surface area contributed by atoms with Crippen LogP contribution in [0.2, 0.25) is 0 Å². The molecule has 0 fully saturated rings. The highest BCUT2D eigenvalue weighted by Crippen LogP contribution is 2.39. The molecule has 0 radical (unpaired) electrons. The molecule has 3 heterocycles. The van der Waals surface area contributed by atoms with Crippen LogP contribution in [-0.4, -0.2) is 19.5 Å². The normalized spacial score (nSPS) is 13.2. The van der Waals surface area contributed by atoms with E-state index in [1.165, 1.54) is 0 Å². The van der Waals surface area contributed by atoms with Gasteiger partial charge in [0.05, 0.1) is 17.9 Å². The fraction of sp³-hybridized carbons (Fsp3) is 0. The van der Waals surface area contributed by atoms with Gasteiger partial charge in [-0.25, -0.2) is 15.0 Å². The summed E-state index contributed by atoms with van der Waals surface area (Å²) in [4.78, 5) is 14.8. The molecule has 0 saturated carbocycles. The third kappa shape index (κ3) is 4.15. The van der Waals surface area contributed by atoms with E-state index in [0.29, 0.717) is 28.1 Å². The van der Waals surface area contributed by atoms with Crippen molar-refractivity contribution in [3.63, 3.8) is 0 Å². The third-order valence-electron chi connectivity index (χ3n) is 8.91. The molecular weight excluding hydrogens is 589 g/mol. The topological polar surface area (TPSA) is 56.7 Å². The van der Waals surface area contributed by atoms with Crippen LogP contribution in [0.4, 0.5) is 0 Å². The second-order valence-corrected chi connectivity index (χ2v) is 11.7. The highest BCUT2D eigenvalue weighted by atomic mass is 16.3. The number of para-hydroxylation sites is 2. The predicted octanol–water partition coefficient (Wildman–Crippen LogP) is 11.0. The molecule has 224 valence electrons. The Morgan fingerprint density at radius 2 is 1.21 bits per heavy atom. The maximum atomic E-state index is 8.82. The molecule has 0 saturated heterocycles. The van der Waals surface area contributed by atoms with Crippen molar-refractivity contribution in [2.24, 2.45) is 0 Å². The lowest BCUT2D eigenvalue weighted by Gasteiger charge is -2.11. The van der Waals surface area contributed by atoms with Crippen LogP contribution in [0, 0.1) is 0 Å². The van der Waals surface area contributed by atoms with Crippen LogP contribution in [-0.2, 0) is 0 Å². The Hall–Kier alpha value is -6.59. The lowest BCUT2D eigenvalue weighted by atomic mass is 10.0. The molecule has 48 heavy (non-hydrogen) atoms. The zero-order valence-electron chi connectivity index (χ0n) is 30.3. The molecule has 5 nitrogen and oxygen atoms in total. The van der Waals surface area contributed by atoms with E-state index >= 15 is 0 Å². The molecule has 10 rings (SSSR count). The molecule has 0 unspecified atom stereocenters. The number of nitrogens with zero attached hydrogens (tertiary/aromatic N) is 4. The number of aromatic nitrogens is 4. The summed E-state index contributed by atoms with van der Waals surface area (Å²) in [5.74, 6) is 0.543. The fourth-order valence-corrected chi connectivity index (χ4v) is 6.76. The monoisotopic (exact) mass is 619 g/mol. The second kappa shape index (κ2) is 10.5. The summed E-state index contributed by atoms with van der Waals surface area (Å²) in [6, 6.07) is 40.1. The first-order chi connectivity index (χ1) is 25.9. The maximum absolute atomic E-state index is 8.82. The Morgan fingerprint density at radius 1 is 0.500 bits per heavy atom. The number of hydrogen-bond donors (Lipinski definition) is 0. The van der Waals surface area contributed by atoms with Crippen molar-refractivity contribution in [1.29, 1.82) is 0 Å². The SMILES string of the molecule is [2H]c1c([2H])c([2H])c(-c2nc(-c3ccc4c5ccccc5n(-c5ccccc5)c4c3)nc(-c3cccc4oc5cc6ccccc6cc5c34)n2)c([2H])c1[2H]. The van der Waals surface area contributed by atoms with E-state index in [-0.39, 0.29) is 17.2 Å². The van der Waals surface area contributed by atoms with E-state index in [1.54, 1.807) is 0 Å². The minimum absolute atomic E-state index is 0.0269. The minimum Gasteiger partial charge on any atom is -0.456 e. The Bertz CT molecular complexity index is 3110. The summed E-state index contributed by atoms with van der Waals surface area (Å²) in [5, 5.41) is 5.94. The van der Waals surface area contributed by atoms with E-state index in [4.69, 9.17) is 26.2 Å². The average molecular weight is 620 g/mol. The zero-order valence-corrected chi connectivity index (χ0v) is 25.3. The van der Waals surface area contributed by atoms with Crippen molar-refractivity contribution in [2.45, 2.75) is 0 Å². The Labute approximate surface area is 282 Å². The highest BCUT2D eigenvalue weighted by molar-refractivity contribution is 6.15. The fourth-order valence-electron chi connectivity index (χ4n) is 6.76. The largest absolute Gasteiger partial charge is 0.456 e. The number of rotatable bonds is 4. The van der Waals surface area contributed by atoms with Gasteiger partial charge < -0.3 is 8.98 Å². The Morgan fingerprint density at radius 3 is 2.06 bits per heavy atom. The molecule has 0 N–H and O–H groups in total. The van der Waals surface area contributed by atoms with E-state index in [1.807, 2.05) is 84.9 Å². The zero-order chi connectivity index (χ0) is 36.0. The number of benzene rings is 7. The van der Waals surface area contributed by atoms with Gasteiger partial charge in [-0.05, 0) is 53.2 Å². The lowest BCUT2D eigenvalue weighted by Crippen LogP contribution is -2.00. The van der Waals surface area contributed by atoms with Gasteiger partial charge in [0.25, 0.3) is 0 Å². The summed E-state index contributed by atoms with van der Waals surface area (Å²) < 4.78 is 51.2. The molecule has 0 bridgehead atoms. The van der Waals surface area contributed by atoms with Crippen LogP contribution in [0.5, 0.6) is 0 Å². The molecule has 0 aliphatic carbocycles. The number of furan rings is 1. The minimum atomic E-state index is -0.487. The third-order valence-corrected chi connectivity index (χ3v) is 8.91. The molecule has 7 aromatic carbocycles. The van der Waals surface area contributed by atoms with E-state index < -0.39 is 30.2 Å². The second-order valence-electron chi connectivity index (χ2n) is 11.7. The van der Waals surface area contributed by atoms with Gasteiger partial charge in [-0.2, -0.15) is 0 Å². The molecule has 0 aliphatic rings. The van der Waals surface area contributed by atoms with Gasteiger partial charge in [-0.3, -0.25) is 0 Å². The number of hydrogen-bond acceptors (Lipinski definition) is 4. The summed E-state index contributed by atoms with van der Waals surface area (Å²) in [5.41, 5.74) is 5.58. The van der Waals surface area contributed by atoms with Crippen molar-refractivity contribution in [3.05, 3.63) is 158 Å². The van der Waals surface area contributed by atoms with Gasteiger partial charge in [0.2, 0.25) is 0 Å². The van der Waals surface area contributed by atoms with Gasteiger partial charge in [0, 0.05) is 43.9 Å². The van der Waals surface area contributed by atoms with Crippen molar-refractivity contribution in [2.75, 3.05) is 0 Å². The average Bonchev–Trinajstić information content (AvgIpc) is 3.73. The van der Waals surface area contributed by atoms with E-state index in [9.17, 15) is 0 Å². The predicted molar refractivity (Wildman–Crippen MR) is 195 cm³/mol. The molecule has 0 amide bonds. The summed E-state index contributed by atoms with van der Waals surface area (Å²) >= 11 is 0. The van der Waals surface area contributed by atoms with Crippen molar-refractivity contribution >= 4 is 54.5 Å². The molecule has 0 aliphatic heterocycles. The lowest BCUT2D eigenvalue weighted by molar-refractivity contribution is 0.669. The van der Waals surface area contributed by atoms with Crippen molar-refractivity contribution in [1.82, 2.24) is 19.5 Å². The van der Waals surface area contributed by atoms with Gasteiger partial charge in [0.1, 0.15) is 11.2 Å². The van der Waals surface area contributed by atoms with Crippen LogP contribution < -0.4 is 0 Å². The van der Waals surface area contributed by atoms with Crippen LogP contribution in [0.15, 0.2) is 162 Å². The van der Waals surface area contributed by atoms with Crippen LogP contribution >= 0.6 is 0 Å². The highest BCUT2D eigenvalue weighted by Gasteiger charge is 2.19. The summed E-state index contributed by atoms with van der Waals surface area (Å²) in [6.07, 6.45) is 0. The molecule has 0 atom stereocenters. The van der Waals surface area contributed by atoms with Gasteiger partial charge in [-0.15, -0.1) is 0 Å². The Kier molecular flexibility index (Phi) is 4.81. The van der Waals surface area contributed by atoms with E-state index in [0.717, 1.165) is 49.0 Å². The first-order valence-electron chi connectivity index (χ1n) is 18.1. The van der Waals surface area contributed by atoms with Crippen LogP contribution in [0.25, 0.3) is 94.4 Å². The smallest absolute Gasteiger partial charge is 0.164 e. The maximum Gasteiger partial charge on any atom is 0.164 e. The Balaban J connectivity index is 1.28. The first kappa shape index (κ1) is 22.0. The molecule has 10 aromatic rings. The quantitative estimate of drug-likeness (QED) is 0.197. The summed E-state index contributed by atoms with van der Waals surface area (Å²) in [6.45, 7) is 0. The standard InChI is InChI=1S/C43H26N4O/c1-3-12-27(13-4-1)41-44-42(30-22-23-33-32-18-9-10-20-36(32)47(37(33)25-30)31-16-5-2-6-17-31)46-43(45-41)34-19-11-21-38-40(34)35-24-28-14-7-8-15-29(28)26-39(35)48-38/h1-26H/i1D,3D,4D,12D,13D. The summed E-state index contributed by atoms with van der Waals surface area (Å²) in [7, 11) is 0.